The number of hydrogen-bond donors (Lipinski definition) is 1. The van der Waals surface area contributed by atoms with E-state index in [9.17, 15) is 4.79 Å². The second kappa shape index (κ2) is 5.70. The maximum Gasteiger partial charge on any atom is 0.241 e. The lowest BCUT2D eigenvalue weighted by molar-refractivity contribution is -0.121. The first kappa shape index (κ1) is 12.0. The van der Waals surface area contributed by atoms with Crippen molar-refractivity contribution < 1.29 is 4.79 Å². The lowest BCUT2D eigenvalue weighted by Crippen LogP contribution is -2.28. The summed E-state index contributed by atoms with van der Waals surface area (Å²) in [5.74, 6) is -0.0831. The Morgan fingerprint density at radius 3 is 3.07 bits per heavy atom. The van der Waals surface area contributed by atoms with Crippen molar-refractivity contribution in [1.29, 1.82) is 5.26 Å². The van der Waals surface area contributed by atoms with Crippen LogP contribution in [0.3, 0.4) is 0 Å². The molecule has 0 atom stereocenters. The van der Waals surface area contributed by atoms with Gasteiger partial charge in [0.25, 0.3) is 0 Å². The molecule has 0 aliphatic heterocycles. The van der Waals surface area contributed by atoms with Crippen LogP contribution in [0, 0.1) is 15.0 Å². The third-order valence-corrected chi connectivity index (χ3v) is 2.51. The van der Waals surface area contributed by atoms with E-state index in [1.54, 1.807) is 6.20 Å². The van der Waals surface area contributed by atoms with E-state index in [1.165, 1.54) is 4.68 Å². The number of carbonyl (C=O) groups excluding carboxylic acids is 1. The highest BCUT2D eigenvalue weighted by Crippen LogP contribution is 2.07. The maximum atomic E-state index is 11.3. The zero-order chi connectivity index (χ0) is 11.3. The summed E-state index contributed by atoms with van der Waals surface area (Å²) in [6.45, 7) is 2.82. The molecule has 0 aliphatic carbocycles. The van der Waals surface area contributed by atoms with Crippen molar-refractivity contribution in [2.45, 2.75) is 19.9 Å². The van der Waals surface area contributed by atoms with Gasteiger partial charge in [0.1, 0.15) is 21.9 Å². The van der Waals surface area contributed by atoms with Gasteiger partial charge in [0.05, 0.1) is 0 Å². The topological polar surface area (TPSA) is 70.7 Å². The summed E-state index contributed by atoms with van der Waals surface area (Å²) in [7, 11) is 0. The Kier molecular flexibility index (Phi) is 4.55. The van der Waals surface area contributed by atoms with Crippen molar-refractivity contribution in [3.63, 3.8) is 0 Å². The molecular weight excluding hydrogens is 307 g/mol. The van der Waals surface area contributed by atoms with Gasteiger partial charge in [-0.3, -0.25) is 9.48 Å². The number of rotatable bonds is 4. The molecular formula is C9H11IN4O. The van der Waals surface area contributed by atoms with Gasteiger partial charge in [0.2, 0.25) is 5.91 Å². The van der Waals surface area contributed by atoms with E-state index in [2.05, 4.69) is 10.4 Å². The Morgan fingerprint density at radius 1 is 1.80 bits per heavy atom. The average molecular weight is 318 g/mol. The van der Waals surface area contributed by atoms with Gasteiger partial charge in [0, 0.05) is 12.7 Å². The summed E-state index contributed by atoms with van der Waals surface area (Å²) in [5, 5.41) is 15.5. The molecule has 0 radical (unpaired) electrons. The van der Waals surface area contributed by atoms with E-state index in [0.717, 1.165) is 6.42 Å². The van der Waals surface area contributed by atoms with Crippen LogP contribution in [-0.2, 0) is 11.3 Å². The van der Waals surface area contributed by atoms with Crippen molar-refractivity contribution in [2.75, 3.05) is 6.54 Å². The number of halogens is 1. The molecule has 6 heteroatoms. The van der Waals surface area contributed by atoms with Crippen LogP contribution >= 0.6 is 22.6 Å². The van der Waals surface area contributed by atoms with Crippen LogP contribution in [-0.4, -0.2) is 22.2 Å². The van der Waals surface area contributed by atoms with Gasteiger partial charge in [-0.15, -0.1) is 0 Å². The van der Waals surface area contributed by atoms with Crippen molar-refractivity contribution in [3.8, 4) is 6.07 Å². The Balaban J connectivity index is 2.58. The number of nitrogens with one attached hydrogen (secondary N) is 1. The molecule has 0 aromatic carbocycles. The van der Waals surface area contributed by atoms with E-state index in [1.807, 2.05) is 35.6 Å². The summed E-state index contributed by atoms with van der Waals surface area (Å²) in [6.07, 6.45) is 2.49. The normalized spacial score (nSPS) is 9.67. The Hall–Kier alpha value is -1.10. The second-order valence-corrected chi connectivity index (χ2v) is 4.01. The summed E-state index contributed by atoms with van der Waals surface area (Å²) in [4.78, 5) is 11.3. The van der Waals surface area contributed by atoms with Gasteiger partial charge in [-0.1, -0.05) is 6.92 Å². The van der Waals surface area contributed by atoms with Gasteiger partial charge >= 0.3 is 0 Å². The van der Waals surface area contributed by atoms with Crippen molar-refractivity contribution in [3.05, 3.63) is 15.5 Å². The van der Waals surface area contributed by atoms with Crippen LogP contribution in [0.25, 0.3) is 0 Å². The molecule has 0 spiro atoms. The predicted octanol–water partition coefficient (Wildman–Crippen LogP) is 0.886. The molecule has 1 heterocycles. The van der Waals surface area contributed by atoms with Crippen LogP contribution in [0.1, 0.15) is 18.9 Å². The smallest absolute Gasteiger partial charge is 0.241 e. The number of aromatic nitrogens is 2. The van der Waals surface area contributed by atoms with E-state index in [0.29, 0.717) is 15.8 Å². The molecule has 15 heavy (non-hydrogen) atoms. The molecule has 80 valence electrons. The van der Waals surface area contributed by atoms with Crippen molar-refractivity contribution >= 4 is 28.5 Å². The lowest BCUT2D eigenvalue weighted by atomic mass is 10.4. The van der Waals surface area contributed by atoms with E-state index in [-0.39, 0.29) is 12.5 Å². The quantitative estimate of drug-likeness (QED) is 0.838. The molecule has 1 aromatic rings. The minimum Gasteiger partial charge on any atom is -0.355 e. The van der Waals surface area contributed by atoms with Gasteiger partial charge < -0.3 is 5.32 Å². The molecule has 0 bridgehead atoms. The molecule has 0 aliphatic rings. The fourth-order valence-corrected chi connectivity index (χ4v) is 1.56. The van der Waals surface area contributed by atoms with Gasteiger partial charge in [-0.2, -0.15) is 10.4 Å². The number of nitrogens with zero attached hydrogens (tertiary/aromatic N) is 3. The minimum absolute atomic E-state index is 0.0831. The summed E-state index contributed by atoms with van der Waals surface area (Å²) in [6, 6.07) is 2.01. The Labute approximate surface area is 102 Å². The van der Waals surface area contributed by atoms with E-state index < -0.39 is 0 Å². The molecule has 1 N–H and O–H groups in total. The largest absolute Gasteiger partial charge is 0.355 e. The Bertz CT molecular complexity index is 393. The van der Waals surface area contributed by atoms with Crippen LogP contribution in [0.2, 0.25) is 0 Å². The monoisotopic (exact) mass is 318 g/mol. The third kappa shape index (κ3) is 3.51. The molecule has 1 amide bonds. The molecule has 0 saturated heterocycles. The minimum atomic E-state index is -0.0831. The zero-order valence-corrected chi connectivity index (χ0v) is 10.5. The molecule has 0 unspecified atom stereocenters. The fraction of sp³-hybridized carbons (Fsp3) is 0.444. The highest BCUT2D eigenvalue weighted by atomic mass is 127. The first-order valence-electron chi connectivity index (χ1n) is 4.57. The van der Waals surface area contributed by atoms with E-state index >= 15 is 0 Å². The van der Waals surface area contributed by atoms with Gasteiger partial charge in [0.15, 0.2) is 0 Å². The highest BCUT2D eigenvalue weighted by Gasteiger charge is 2.07. The summed E-state index contributed by atoms with van der Waals surface area (Å²) >= 11 is 1.97. The van der Waals surface area contributed by atoms with Crippen molar-refractivity contribution in [2.24, 2.45) is 0 Å². The first-order chi connectivity index (χ1) is 7.17. The van der Waals surface area contributed by atoms with Crippen molar-refractivity contribution in [1.82, 2.24) is 15.1 Å². The number of amides is 1. The van der Waals surface area contributed by atoms with Crippen LogP contribution in [0.15, 0.2) is 6.20 Å². The first-order valence-corrected chi connectivity index (χ1v) is 5.65. The molecule has 1 rings (SSSR count). The SMILES string of the molecule is CCCNC(=O)Cn1cc(C#N)c(I)n1. The number of hydrogen-bond acceptors (Lipinski definition) is 3. The van der Waals surface area contributed by atoms with Gasteiger partial charge in [-0.25, -0.2) is 0 Å². The molecule has 0 fully saturated rings. The molecule has 5 nitrogen and oxygen atoms in total. The summed E-state index contributed by atoms with van der Waals surface area (Å²) < 4.78 is 2.10. The number of nitriles is 1. The Morgan fingerprint density at radius 2 is 2.53 bits per heavy atom. The fourth-order valence-electron chi connectivity index (χ4n) is 1.02. The summed E-state index contributed by atoms with van der Waals surface area (Å²) in [5.41, 5.74) is 0.499. The standard InChI is InChI=1S/C9H11IN4O/c1-2-3-12-8(15)6-14-5-7(4-11)9(10)13-14/h5H,2-3,6H2,1H3,(H,12,15). The highest BCUT2D eigenvalue weighted by molar-refractivity contribution is 14.1. The van der Waals surface area contributed by atoms with E-state index in [4.69, 9.17) is 5.26 Å². The number of carbonyl (C=O) groups is 1. The second-order valence-electron chi connectivity index (χ2n) is 2.99. The lowest BCUT2D eigenvalue weighted by Gasteiger charge is -2.02. The maximum absolute atomic E-state index is 11.3. The predicted molar refractivity (Wildman–Crippen MR) is 63.0 cm³/mol. The van der Waals surface area contributed by atoms with Crippen LogP contribution in [0.5, 0.6) is 0 Å². The van der Waals surface area contributed by atoms with Crippen LogP contribution in [0.4, 0.5) is 0 Å². The zero-order valence-electron chi connectivity index (χ0n) is 8.33. The van der Waals surface area contributed by atoms with Crippen LogP contribution < -0.4 is 5.32 Å². The van der Waals surface area contributed by atoms with Gasteiger partial charge in [-0.05, 0) is 29.0 Å². The molecule has 1 aromatic heterocycles. The third-order valence-electron chi connectivity index (χ3n) is 1.71. The average Bonchev–Trinajstić information content (AvgIpc) is 2.55. The molecule has 0 saturated carbocycles.